The zero-order valence-corrected chi connectivity index (χ0v) is 16.7. The average Bonchev–Trinajstić information content (AvgIpc) is 2.79. The number of benzene rings is 1. The molecule has 1 N–H and O–H groups in total. The van der Waals surface area contributed by atoms with Gasteiger partial charge in [0.15, 0.2) is 0 Å². The largest absolute Gasteiger partial charge is 0.378 e. The van der Waals surface area contributed by atoms with Crippen LogP contribution in [0.2, 0.25) is 0 Å². The molecule has 1 saturated carbocycles. The Bertz CT molecular complexity index is 885. The molecule has 1 aromatic carbocycles. The van der Waals surface area contributed by atoms with Crippen molar-refractivity contribution in [3.63, 3.8) is 0 Å². The van der Waals surface area contributed by atoms with Crippen molar-refractivity contribution in [3.05, 3.63) is 59.8 Å². The van der Waals surface area contributed by atoms with Crippen molar-refractivity contribution in [2.24, 2.45) is 0 Å². The second kappa shape index (κ2) is 8.67. The van der Waals surface area contributed by atoms with Gasteiger partial charge in [0.2, 0.25) is 0 Å². The molecule has 0 spiro atoms. The predicted molar refractivity (Wildman–Crippen MR) is 114 cm³/mol. The summed E-state index contributed by atoms with van der Waals surface area (Å²) >= 11 is 0. The fourth-order valence-electron chi connectivity index (χ4n) is 4.01. The van der Waals surface area contributed by atoms with Gasteiger partial charge in [-0.15, -0.1) is 0 Å². The van der Waals surface area contributed by atoms with E-state index in [4.69, 9.17) is 0 Å². The zero-order valence-electron chi connectivity index (χ0n) is 16.7. The molecule has 5 heteroatoms. The molecule has 1 amide bonds. The molecule has 0 unspecified atom stereocenters. The summed E-state index contributed by atoms with van der Waals surface area (Å²) in [6.07, 6.45) is 6.54. The van der Waals surface area contributed by atoms with Gasteiger partial charge in [-0.1, -0.05) is 24.3 Å². The second-order valence-corrected chi connectivity index (χ2v) is 7.89. The van der Waals surface area contributed by atoms with Gasteiger partial charge in [-0.25, -0.2) is 4.98 Å². The number of anilines is 1. The smallest absolute Gasteiger partial charge is 0.253 e. The summed E-state index contributed by atoms with van der Waals surface area (Å²) in [6.45, 7) is 2.93. The van der Waals surface area contributed by atoms with Crippen LogP contribution in [0.25, 0.3) is 0 Å². The molecule has 5 nitrogen and oxygen atoms in total. The highest BCUT2D eigenvalue weighted by Crippen LogP contribution is 2.27. The SMILES string of the molecule is O=C(c1ccc(C#CC2(O)CCCCC2)cc1)N1CCN(c2ccccn2)CC1. The van der Waals surface area contributed by atoms with Crippen LogP contribution < -0.4 is 4.90 Å². The number of aromatic nitrogens is 1. The summed E-state index contributed by atoms with van der Waals surface area (Å²) in [5, 5.41) is 10.5. The van der Waals surface area contributed by atoms with E-state index in [2.05, 4.69) is 21.7 Å². The Morgan fingerprint density at radius 2 is 1.69 bits per heavy atom. The van der Waals surface area contributed by atoms with Gasteiger partial charge in [0.1, 0.15) is 11.4 Å². The number of carbonyl (C=O) groups excluding carboxylic acids is 1. The van der Waals surface area contributed by atoms with Crippen molar-refractivity contribution < 1.29 is 9.90 Å². The first-order valence-corrected chi connectivity index (χ1v) is 10.4. The Labute approximate surface area is 172 Å². The van der Waals surface area contributed by atoms with Crippen LogP contribution in [0.3, 0.4) is 0 Å². The monoisotopic (exact) mass is 389 g/mol. The topological polar surface area (TPSA) is 56.7 Å². The minimum absolute atomic E-state index is 0.0519. The maximum absolute atomic E-state index is 12.8. The Morgan fingerprint density at radius 1 is 0.966 bits per heavy atom. The van der Waals surface area contributed by atoms with E-state index < -0.39 is 5.60 Å². The maximum atomic E-state index is 12.8. The fraction of sp³-hybridized carbons (Fsp3) is 0.417. The van der Waals surface area contributed by atoms with E-state index in [0.717, 1.165) is 50.2 Å². The van der Waals surface area contributed by atoms with E-state index in [0.29, 0.717) is 18.7 Å². The van der Waals surface area contributed by atoms with Crippen LogP contribution in [0.1, 0.15) is 48.0 Å². The lowest BCUT2D eigenvalue weighted by atomic mass is 9.85. The van der Waals surface area contributed by atoms with Crippen molar-refractivity contribution in [3.8, 4) is 11.8 Å². The van der Waals surface area contributed by atoms with Crippen molar-refractivity contribution >= 4 is 11.7 Å². The van der Waals surface area contributed by atoms with E-state index in [-0.39, 0.29) is 5.91 Å². The van der Waals surface area contributed by atoms with Gasteiger partial charge < -0.3 is 14.9 Å². The standard InChI is InChI=1S/C24H27N3O2/c28-23(27-18-16-26(17-19-27)22-6-2-5-15-25-22)21-9-7-20(8-10-21)11-14-24(29)12-3-1-4-13-24/h2,5-10,15,29H,1,3-4,12-13,16-19H2. The minimum atomic E-state index is -0.847. The van der Waals surface area contributed by atoms with Crippen LogP contribution in [-0.2, 0) is 0 Å². The highest BCUT2D eigenvalue weighted by atomic mass is 16.3. The average molecular weight is 389 g/mol. The zero-order chi connectivity index (χ0) is 20.1. The maximum Gasteiger partial charge on any atom is 0.253 e. The minimum Gasteiger partial charge on any atom is -0.378 e. The molecule has 2 aromatic rings. The molecule has 2 heterocycles. The number of aliphatic hydroxyl groups is 1. The fourth-order valence-corrected chi connectivity index (χ4v) is 4.01. The summed E-state index contributed by atoms with van der Waals surface area (Å²) in [7, 11) is 0. The molecule has 150 valence electrons. The summed E-state index contributed by atoms with van der Waals surface area (Å²) in [4.78, 5) is 21.3. The van der Waals surface area contributed by atoms with Crippen molar-refractivity contribution in [2.45, 2.75) is 37.7 Å². The number of amides is 1. The van der Waals surface area contributed by atoms with Gasteiger partial charge in [-0.05, 0) is 62.1 Å². The molecule has 1 saturated heterocycles. The first-order chi connectivity index (χ1) is 14.1. The van der Waals surface area contributed by atoms with Gasteiger partial charge in [0, 0.05) is 43.5 Å². The molecule has 29 heavy (non-hydrogen) atoms. The van der Waals surface area contributed by atoms with E-state index in [1.54, 1.807) is 6.20 Å². The Morgan fingerprint density at radius 3 is 2.34 bits per heavy atom. The Hall–Kier alpha value is -2.84. The molecule has 1 aliphatic carbocycles. The number of nitrogens with zero attached hydrogens (tertiary/aromatic N) is 3. The summed E-state index contributed by atoms with van der Waals surface area (Å²) in [5.74, 6) is 7.14. The van der Waals surface area contributed by atoms with E-state index in [1.807, 2.05) is 47.4 Å². The van der Waals surface area contributed by atoms with Gasteiger partial charge in [-0.3, -0.25) is 4.79 Å². The molecule has 2 fully saturated rings. The number of hydrogen-bond acceptors (Lipinski definition) is 4. The van der Waals surface area contributed by atoms with Gasteiger partial charge in [0.25, 0.3) is 5.91 Å². The summed E-state index contributed by atoms with van der Waals surface area (Å²) in [5.41, 5.74) is 0.666. The highest BCUT2D eigenvalue weighted by Gasteiger charge is 2.26. The number of pyridine rings is 1. The predicted octanol–water partition coefficient (Wildman–Crippen LogP) is 3.09. The number of carbonyl (C=O) groups is 1. The van der Waals surface area contributed by atoms with Crippen LogP contribution in [0.4, 0.5) is 5.82 Å². The third-order valence-electron chi connectivity index (χ3n) is 5.79. The van der Waals surface area contributed by atoms with E-state index >= 15 is 0 Å². The molecule has 1 aromatic heterocycles. The van der Waals surface area contributed by atoms with Gasteiger partial charge in [0.05, 0.1) is 0 Å². The van der Waals surface area contributed by atoms with E-state index in [9.17, 15) is 9.90 Å². The van der Waals surface area contributed by atoms with Crippen molar-refractivity contribution in [2.75, 3.05) is 31.1 Å². The van der Waals surface area contributed by atoms with E-state index in [1.165, 1.54) is 6.42 Å². The second-order valence-electron chi connectivity index (χ2n) is 7.89. The van der Waals surface area contributed by atoms with Gasteiger partial charge in [-0.2, -0.15) is 0 Å². The van der Waals surface area contributed by atoms with Crippen molar-refractivity contribution in [1.29, 1.82) is 0 Å². The molecule has 0 atom stereocenters. The van der Waals surface area contributed by atoms with Crippen molar-refractivity contribution in [1.82, 2.24) is 9.88 Å². The Balaban J connectivity index is 1.35. The van der Waals surface area contributed by atoms with Crippen LogP contribution >= 0.6 is 0 Å². The van der Waals surface area contributed by atoms with Crippen LogP contribution in [0.15, 0.2) is 48.7 Å². The molecular weight excluding hydrogens is 362 g/mol. The number of rotatable bonds is 2. The molecule has 2 aliphatic rings. The molecule has 0 bridgehead atoms. The van der Waals surface area contributed by atoms with Crippen LogP contribution in [-0.4, -0.2) is 52.7 Å². The lowest BCUT2D eigenvalue weighted by molar-refractivity contribution is 0.0610. The van der Waals surface area contributed by atoms with Gasteiger partial charge >= 0.3 is 0 Å². The third kappa shape index (κ3) is 4.78. The quantitative estimate of drug-likeness (QED) is 0.802. The third-order valence-corrected chi connectivity index (χ3v) is 5.79. The first-order valence-electron chi connectivity index (χ1n) is 10.4. The molecular formula is C24H27N3O2. The van der Waals surface area contributed by atoms with Crippen LogP contribution in [0.5, 0.6) is 0 Å². The van der Waals surface area contributed by atoms with Crippen LogP contribution in [0, 0.1) is 11.8 Å². The lowest BCUT2D eigenvalue weighted by Gasteiger charge is -2.35. The number of piperazine rings is 1. The lowest BCUT2D eigenvalue weighted by Crippen LogP contribution is -2.49. The molecule has 0 radical (unpaired) electrons. The molecule has 4 rings (SSSR count). The first kappa shape index (κ1) is 19.5. The summed E-state index contributed by atoms with van der Waals surface area (Å²) < 4.78 is 0. The molecule has 1 aliphatic heterocycles. The highest BCUT2D eigenvalue weighted by molar-refractivity contribution is 5.94. The summed E-state index contributed by atoms with van der Waals surface area (Å²) in [6, 6.07) is 13.3. The normalized spacial score (nSPS) is 18.7. The number of hydrogen-bond donors (Lipinski definition) is 1. The Kier molecular flexibility index (Phi) is 5.82.